The summed E-state index contributed by atoms with van der Waals surface area (Å²) < 4.78 is 0. The first-order chi connectivity index (χ1) is 13.9. The van der Waals surface area contributed by atoms with E-state index in [0.717, 1.165) is 17.5 Å². The number of hydrogen-bond acceptors (Lipinski definition) is 2. The van der Waals surface area contributed by atoms with Crippen LogP contribution in [0.5, 0.6) is 0 Å². The molecule has 1 N–H and O–H groups in total. The van der Waals surface area contributed by atoms with Crippen molar-refractivity contribution < 1.29 is 9.59 Å². The number of rotatable bonds is 10. The smallest absolute Gasteiger partial charge is 0.242 e. The molecular formula is C25H34N2O2. The molecule has 2 aromatic carbocycles. The lowest BCUT2D eigenvalue weighted by atomic mass is 10.0. The van der Waals surface area contributed by atoms with Crippen LogP contribution in [0.2, 0.25) is 0 Å². The Labute approximate surface area is 175 Å². The zero-order valence-electron chi connectivity index (χ0n) is 18.2. The highest BCUT2D eigenvalue weighted by atomic mass is 16.2. The number of carbonyl (C=O) groups excluding carboxylic acids is 2. The fourth-order valence-corrected chi connectivity index (χ4v) is 3.39. The number of nitrogens with one attached hydrogen (secondary N) is 1. The summed E-state index contributed by atoms with van der Waals surface area (Å²) in [5, 5.41) is 3.01. The Kier molecular flexibility index (Phi) is 8.91. The molecule has 0 aliphatic rings. The molecule has 156 valence electrons. The van der Waals surface area contributed by atoms with Gasteiger partial charge in [0.05, 0.1) is 6.42 Å². The van der Waals surface area contributed by atoms with E-state index in [1.54, 1.807) is 4.90 Å². The molecular weight excluding hydrogens is 360 g/mol. The molecule has 0 unspecified atom stereocenters. The van der Waals surface area contributed by atoms with Gasteiger partial charge >= 0.3 is 0 Å². The summed E-state index contributed by atoms with van der Waals surface area (Å²) in [6.07, 6.45) is 1.64. The van der Waals surface area contributed by atoms with Crippen LogP contribution in [-0.4, -0.2) is 35.8 Å². The van der Waals surface area contributed by atoms with Crippen molar-refractivity contribution in [2.24, 2.45) is 5.92 Å². The van der Waals surface area contributed by atoms with Crippen LogP contribution in [0.1, 0.15) is 43.9 Å². The number of hydrogen-bond donors (Lipinski definition) is 1. The van der Waals surface area contributed by atoms with Crippen molar-refractivity contribution in [1.82, 2.24) is 10.2 Å². The molecule has 2 rings (SSSR count). The van der Waals surface area contributed by atoms with Crippen molar-refractivity contribution in [2.45, 2.75) is 53.0 Å². The number of carbonyl (C=O) groups is 2. The largest absolute Gasteiger partial charge is 0.354 e. The normalized spacial score (nSPS) is 11.9. The lowest BCUT2D eigenvalue weighted by Crippen LogP contribution is -2.51. The third kappa shape index (κ3) is 7.04. The van der Waals surface area contributed by atoms with E-state index in [0.29, 0.717) is 31.8 Å². The van der Waals surface area contributed by atoms with Gasteiger partial charge in [-0.15, -0.1) is 0 Å². The van der Waals surface area contributed by atoms with Crippen molar-refractivity contribution >= 4 is 11.8 Å². The van der Waals surface area contributed by atoms with Crippen LogP contribution in [0, 0.1) is 12.8 Å². The molecule has 0 radical (unpaired) electrons. The minimum Gasteiger partial charge on any atom is -0.354 e. The fourth-order valence-electron chi connectivity index (χ4n) is 3.39. The fraction of sp³-hybridized carbons (Fsp3) is 0.440. The average Bonchev–Trinajstić information content (AvgIpc) is 2.71. The number of aryl methyl sites for hydroxylation is 1. The third-order valence-corrected chi connectivity index (χ3v) is 5.16. The Balaban J connectivity index is 2.19. The van der Waals surface area contributed by atoms with Gasteiger partial charge < -0.3 is 10.2 Å². The van der Waals surface area contributed by atoms with Gasteiger partial charge in [-0.3, -0.25) is 9.59 Å². The van der Waals surface area contributed by atoms with Crippen molar-refractivity contribution in [3.05, 3.63) is 71.3 Å². The van der Waals surface area contributed by atoms with Gasteiger partial charge in [-0.2, -0.15) is 0 Å². The van der Waals surface area contributed by atoms with E-state index < -0.39 is 6.04 Å². The molecule has 1 atom stereocenters. The maximum absolute atomic E-state index is 13.3. The van der Waals surface area contributed by atoms with Crippen LogP contribution in [0.15, 0.2) is 54.6 Å². The average molecular weight is 395 g/mol. The Hall–Kier alpha value is -2.62. The summed E-state index contributed by atoms with van der Waals surface area (Å²) in [7, 11) is 0. The SMILES string of the molecule is CC[C@@H](C(=O)NCC(C)C)N(CCc1ccccc1)C(=O)Cc1ccccc1C. The molecule has 0 spiro atoms. The van der Waals surface area contributed by atoms with E-state index in [4.69, 9.17) is 0 Å². The first kappa shape index (κ1) is 22.7. The summed E-state index contributed by atoms with van der Waals surface area (Å²) >= 11 is 0. The summed E-state index contributed by atoms with van der Waals surface area (Å²) in [6, 6.07) is 17.6. The number of amides is 2. The summed E-state index contributed by atoms with van der Waals surface area (Å²) in [5.41, 5.74) is 3.28. The lowest BCUT2D eigenvalue weighted by Gasteiger charge is -2.31. The molecule has 0 aliphatic heterocycles. The van der Waals surface area contributed by atoms with E-state index >= 15 is 0 Å². The van der Waals surface area contributed by atoms with Crippen LogP contribution >= 0.6 is 0 Å². The van der Waals surface area contributed by atoms with Gasteiger partial charge in [0.25, 0.3) is 0 Å². The quantitative estimate of drug-likeness (QED) is 0.658. The number of nitrogens with zero attached hydrogens (tertiary/aromatic N) is 1. The Morgan fingerprint density at radius 2 is 1.66 bits per heavy atom. The predicted octanol–water partition coefficient (Wildman–Crippen LogP) is 4.16. The molecule has 0 aliphatic carbocycles. The summed E-state index contributed by atoms with van der Waals surface area (Å²) in [5.74, 6) is 0.311. The van der Waals surface area contributed by atoms with Crippen LogP contribution in [0.25, 0.3) is 0 Å². The minimum atomic E-state index is -0.450. The van der Waals surface area contributed by atoms with Crippen molar-refractivity contribution in [3.8, 4) is 0 Å². The van der Waals surface area contributed by atoms with Crippen molar-refractivity contribution in [1.29, 1.82) is 0 Å². The lowest BCUT2D eigenvalue weighted by molar-refractivity contribution is -0.140. The maximum Gasteiger partial charge on any atom is 0.242 e. The van der Waals surface area contributed by atoms with E-state index in [9.17, 15) is 9.59 Å². The molecule has 2 amide bonds. The van der Waals surface area contributed by atoms with Gasteiger partial charge in [-0.1, -0.05) is 75.4 Å². The second-order valence-corrected chi connectivity index (χ2v) is 7.99. The highest BCUT2D eigenvalue weighted by molar-refractivity contribution is 5.88. The van der Waals surface area contributed by atoms with Gasteiger partial charge in [-0.25, -0.2) is 0 Å². The summed E-state index contributed by atoms with van der Waals surface area (Å²) in [4.78, 5) is 27.9. The van der Waals surface area contributed by atoms with Crippen LogP contribution in [-0.2, 0) is 22.4 Å². The Morgan fingerprint density at radius 3 is 2.28 bits per heavy atom. The van der Waals surface area contributed by atoms with E-state index in [1.165, 1.54) is 5.56 Å². The molecule has 4 heteroatoms. The van der Waals surface area contributed by atoms with Crippen LogP contribution in [0.3, 0.4) is 0 Å². The van der Waals surface area contributed by atoms with Gasteiger partial charge in [0.1, 0.15) is 6.04 Å². The molecule has 0 bridgehead atoms. The van der Waals surface area contributed by atoms with Gasteiger partial charge in [0.2, 0.25) is 11.8 Å². The first-order valence-electron chi connectivity index (χ1n) is 10.6. The standard InChI is InChI=1S/C25H34N2O2/c1-5-23(25(29)26-18-19(2)3)27(16-15-21-12-7-6-8-13-21)24(28)17-22-14-10-9-11-20(22)4/h6-14,19,23H,5,15-18H2,1-4H3,(H,26,29)/t23-/m0/s1. The first-order valence-corrected chi connectivity index (χ1v) is 10.6. The second kappa shape index (κ2) is 11.4. The maximum atomic E-state index is 13.3. The molecule has 2 aromatic rings. The molecule has 0 saturated heterocycles. The second-order valence-electron chi connectivity index (χ2n) is 7.99. The molecule has 29 heavy (non-hydrogen) atoms. The molecule has 4 nitrogen and oxygen atoms in total. The van der Waals surface area contributed by atoms with Gasteiger partial charge in [0, 0.05) is 13.1 Å². The monoisotopic (exact) mass is 394 g/mol. The highest BCUT2D eigenvalue weighted by Gasteiger charge is 2.28. The van der Waals surface area contributed by atoms with Crippen molar-refractivity contribution in [3.63, 3.8) is 0 Å². The molecule has 0 saturated carbocycles. The van der Waals surface area contributed by atoms with Gasteiger partial charge in [0.15, 0.2) is 0 Å². The van der Waals surface area contributed by atoms with E-state index in [1.807, 2.05) is 56.3 Å². The summed E-state index contributed by atoms with van der Waals surface area (Å²) in [6.45, 7) is 9.27. The predicted molar refractivity (Wildman–Crippen MR) is 119 cm³/mol. The Morgan fingerprint density at radius 1 is 1.00 bits per heavy atom. The van der Waals surface area contributed by atoms with Crippen LogP contribution < -0.4 is 5.32 Å². The topological polar surface area (TPSA) is 49.4 Å². The zero-order valence-corrected chi connectivity index (χ0v) is 18.2. The van der Waals surface area contributed by atoms with E-state index in [2.05, 4.69) is 31.3 Å². The Bertz CT molecular complexity index is 786. The third-order valence-electron chi connectivity index (χ3n) is 5.16. The highest BCUT2D eigenvalue weighted by Crippen LogP contribution is 2.14. The van der Waals surface area contributed by atoms with Gasteiger partial charge in [-0.05, 0) is 42.4 Å². The minimum absolute atomic E-state index is 0.00165. The molecule has 0 heterocycles. The van der Waals surface area contributed by atoms with E-state index in [-0.39, 0.29) is 11.8 Å². The van der Waals surface area contributed by atoms with Crippen LogP contribution in [0.4, 0.5) is 0 Å². The zero-order chi connectivity index (χ0) is 21.2. The van der Waals surface area contributed by atoms with Crippen molar-refractivity contribution in [2.75, 3.05) is 13.1 Å². The molecule has 0 aromatic heterocycles. The molecule has 0 fully saturated rings. The number of benzene rings is 2.